The van der Waals surface area contributed by atoms with E-state index in [4.69, 9.17) is 0 Å². The zero-order valence-electron chi connectivity index (χ0n) is 20.2. The first-order valence-corrected chi connectivity index (χ1v) is 12.1. The lowest BCUT2D eigenvalue weighted by Gasteiger charge is -2.31. The fourth-order valence-electron chi connectivity index (χ4n) is 5.34. The number of aryl methyl sites for hydroxylation is 1. The fourth-order valence-corrected chi connectivity index (χ4v) is 5.34. The van der Waals surface area contributed by atoms with Gasteiger partial charge in [-0.05, 0) is 43.4 Å². The number of unbranched alkanes of at least 4 members (excludes halogenated alkanes) is 1. The monoisotopic (exact) mass is 428 g/mol. The van der Waals surface area contributed by atoms with Crippen LogP contribution in [0.1, 0.15) is 65.0 Å². The minimum absolute atomic E-state index is 0.0144. The van der Waals surface area contributed by atoms with E-state index in [0.29, 0.717) is 5.92 Å². The highest BCUT2D eigenvalue weighted by Crippen LogP contribution is 2.46. The van der Waals surface area contributed by atoms with Crippen LogP contribution in [0.4, 0.5) is 0 Å². The molecule has 3 nitrogen and oxygen atoms in total. The van der Waals surface area contributed by atoms with Crippen LogP contribution in [-0.4, -0.2) is 21.9 Å². The molecule has 0 saturated heterocycles. The van der Waals surface area contributed by atoms with E-state index in [1.165, 1.54) is 52.6 Å². The van der Waals surface area contributed by atoms with Crippen LogP contribution in [0, 0.1) is 5.92 Å². The van der Waals surface area contributed by atoms with Crippen LogP contribution in [0.25, 0.3) is 22.2 Å². The number of carbonyl (C=O) groups is 1. The first kappa shape index (κ1) is 22.4. The Labute approximate surface area is 192 Å². The second kappa shape index (κ2) is 9.36. The van der Waals surface area contributed by atoms with E-state index < -0.39 is 0 Å². The van der Waals surface area contributed by atoms with Gasteiger partial charge in [0, 0.05) is 35.6 Å². The number of hydrogen-bond acceptors (Lipinski definition) is 1. The molecule has 0 fully saturated rings. The summed E-state index contributed by atoms with van der Waals surface area (Å²) in [4.78, 5) is 15.6. The molecular formula is C29H36N2O. The van der Waals surface area contributed by atoms with Crippen molar-refractivity contribution in [3.8, 4) is 11.3 Å². The van der Waals surface area contributed by atoms with Crippen LogP contribution in [0.3, 0.4) is 0 Å². The van der Waals surface area contributed by atoms with Crippen LogP contribution < -0.4 is 0 Å². The molecule has 1 aliphatic heterocycles. The molecule has 2 unspecified atom stereocenters. The highest BCUT2D eigenvalue weighted by Gasteiger charge is 2.39. The van der Waals surface area contributed by atoms with Gasteiger partial charge < -0.3 is 9.47 Å². The van der Waals surface area contributed by atoms with Crippen molar-refractivity contribution in [1.82, 2.24) is 9.47 Å². The highest BCUT2D eigenvalue weighted by molar-refractivity contribution is 6.00. The van der Waals surface area contributed by atoms with Crippen molar-refractivity contribution in [3.63, 3.8) is 0 Å². The molecule has 0 spiro atoms. The summed E-state index contributed by atoms with van der Waals surface area (Å²) in [6.07, 6.45) is 4.71. The van der Waals surface area contributed by atoms with Crippen molar-refractivity contribution in [3.05, 3.63) is 71.3 Å². The largest absolute Gasteiger partial charge is 0.343 e. The summed E-state index contributed by atoms with van der Waals surface area (Å²) >= 11 is 0. The first-order valence-electron chi connectivity index (χ1n) is 12.1. The van der Waals surface area contributed by atoms with Gasteiger partial charge in [-0.3, -0.25) is 4.79 Å². The molecule has 4 rings (SSSR count). The quantitative estimate of drug-likeness (QED) is 0.370. The molecule has 2 aromatic carbocycles. The van der Waals surface area contributed by atoms with Crippen LogP contribution in [0.2, 0.25) is 0 Å². The third-order valence-corrected chi connectivity index (χ3v) is 7.36. The van der Waals surface area contributed by atoms with Crippen LogP contribution >= 0.6 is 0 Å². The second-order valence-electron chi connectivity index (χ2n) is 9.29. The van der Waals surface area contributed by atoms with Gasteiger partial charge in [0.15, 0.2) is 0 Å². The van der Waals surface area contributed by atoms with Crippen molar-refractivity contribution >= 4 is 16.8 Å². The third kappa shape index (κ3) is 3.79. The zero-order valence-corrected chi connectivity index (χ0v) is 20.2. The number of aromatic nitrogens is 1. The molecule has 0 saturated carbocycles. The first-order chi connectivity index (χ1) is 15.5. The van der Waals surface area contributed by atoms with Gasteiger partial charge in [0.1, 0.15) is 0 Å². The Bertz CT molecular complexity index is 1140. The number of hydrogen-bond donors (Lipinski definition) is 0. The topological polar surface area (TPSA) is 25.2 Å². The van der Waals surface area contributed by atoms with Gasteiger partial charge >= 0.3 is 0 Å². The van der Waals surface area contributed by atoms with Crippen LogP contribution in [0.5, 0.6) is 0 Å². The lowest BCUT2D eigenvalue weighted by atomic mass is 9.92. The summed E-state index contributed by atoms with van der Waals surface area (Å²) in [5.41, 5.74) is 6.99. The van der Waals surface area contributed by atoms with Gasteiger partial charge in [-0.2, -0.15) is 0 Å². The Morgan fingerprint density at radius 3 is 2.34 bits per heavy atom. The molecule has 1 aliphatic rings. The molecule has 2 heterocycles. The van der Waals surface area contributed by atoms with Gasteiger partial charge in [0.25, 0.3) is 0 Å². The molecular weight excluding hydrogens is 392 g/mol. The van der Waals surface area contributed by atoms with Gasteiger partial charge in [0.2, 0.25) is 5.91 Å². The number of rotatable bonds is 8. The van der Waals surface area contributed by atoms with Crippen molar-refractivity contribution in [2.24, 2.45) is 13.0 Å². The molecule has 168 valence electrons. The van der Waals surface area contributed by atoms with Crippen molar-refractivity contribution in [2.75, 3.05) is 6.54 Å². The summed E-state index contributed by atoms with van der Waals surface area (Å²) in [6, 6.07) is 19.2. The standard InChI is InChI=1S/C29H36N2O/c1-6-8-14-22(7-2)19-31-27(20(3)21(4)29(31)32)26-24-17-12-13-18-25(24)30(5)28(26)23-15-10-9-11-16-23/h9-13,15-18,22,27H,6-8,14,19H2,1-5H3. The molecule has 3 heteroatoms. The van der Waals surface area contributed by atoms with Gasteiger partial charge in [-0.25, -0.2) is 0 Å². The summed E-state index contributed by atoms with van der Waals surface area (Å²) in [5.74, 6) is 0.740. The average molecular weight is 429 g/mol. The van der Waals surface area contributed by atoms with Gasteiger partial charge in [0.05, 0.1) is 11.7 Å². The summed E-state index contributed by atoms with van der Waals surface area (Å²) in [6.45, 7) is 9.49. The Morgan fingerprint density at radius 1 is 0.969 bits per heavy atom. The van der Waals surface area contributed by atoms with E-state index in [-0.39, 0.29) is 11.9 Å². The number of para-hydroxylation sites is 1. The molecule has 2 atom stereocenters. The average Bonchev–Trinajstić information content (AvgIpc) is 3.22. The molecule has 0 radical (unpaired) electrons. The lowest BCUT2D eigenvalue weighted by molar-refractivity contribution is -0.127. The Balaban J connectivity index is 1.90. The Kier molecular flexibility index (Phi) is 6.55. The number of carbonyl (C=O) groups excluding carboxylic acids is 1. The van der Waals surface area contributed by atoms with Crippen LogP contribution in [0.15, 0.2) is 65.7 Å². The van der Waals surface area contributed by atoms with E-state index in [9.17, 15) is 4.79 Å². The summed E-state index contributed by atoms with van der Waals surface area (Å²) in [5, 5.41) is 1.24. The maximum atomic E-state index is 13.5. The molecule has 32 heavy (non-hydrogen) atoms. The predicted molar refractivity (Wildman–Crippen MR) is 134 cm³/mol. The molecule has 0 aliphatic carbocycles. The summed E-state index contributed by atoms with van der Waals surface area (Å²) < 4.78 is 2.30. The predicted octanol–water partition coefficient (Wildman–Crippen LogP) is 7.28. The molecule has 1 aromatic heterocycles. The fraction of sp³-hybridized carbons (Fsp3) is 0.414. The molecule has 0 bridgehead atoms. The normalized spacial score (nSPS) is 17.6. The van der Waals surface area contributed by atoms with Gasteiger partial charge in [-0.1, -0.05) is 81.6 Å². The number of nitrogens with zero attached hydrogens (tertiary/aromatic N) is 2. The number of amides is 1. The Hall–Kier alpha value is -2.81. The maximum Gasteiger partial charge on any atom is 0.250 e. The van der Waals surface area contributed by atoms with E-state index in [2.05, 4.69) is 91.9 Å². The highest BCUT2D eigenvalue weighted by atomic mass is 16.2. The second-order valence-corrected chi connectivity index (χ2v) is 9.29. The lowest BCUT2D eigenvalue weighted by Crippen LogP contribution is -2.34. The molecule has 0 N–H and O–H groups in total. The van der Waals surface area contributed by atoms with E-state index >= 15 is 0 Å². The maximum absolute atomic E-state index is 13.5. The van der Waals surface area contributed by atoms with Crippen LogP contribution in [-0.2, 0) is 11.8 Å². The van der Waals surface area contributed by atoms with Gasteiger partial charge in [-0.15, -0.1) is 0 Å². The minimum atomic E-state index is -0.0144. The number of benzene rings is 2. The smallest absolute Gasteiger partial charge is 0.250 e. The third-order valence-electron chi connectivity index (χ3n) is 7.36. The Morgan fingerprint density at radius 2 is 1.66 bits per heavy atom. The van der Waals surface area contributed by atoms with E-state index in [1.54, 1.807) is 0 Å². The SMILES string of the molecule is CCCCC(CC)CN1C(=O)C(C)=C(C)C1c1c(-c2ccccc2)n(C)c2ccccc12. The minimum Gasteiger partial charge on any atom is -0.343 e. The number of fused-ring (bicyclic) bond motifs is 1. The molecule has 1 amide bonds. The van der Waals surface area contributed by atoms with Crippen molar-refractivity contribution < 1.29 is 4.79 Å². The summed E-state index contributed by atoms with van der Waals surface area (Å²) in [7, 11) is 2.15. The zero-order chi connectivity index (χ0) is 22.8. The van der Waals surface area contributed by atoms with E-state index in [0.717, 1.165) is 18.5 Å². The van der Waals surface area contributed by atoms with E-state index in [1.807, 2.05) is 6.92 Å². The van der Waals surface area contributed by atoms with Crippen molar-refractivity contribution in [1.29, 1.82) is 0 Å². The van der Waals surface area contributed by atoms with Crippen molar-refractivity contribution in [2.45, 2.75) is 59.4 Å². The molecule has 3 aromatic rings.